The molecule has 0 bridgehead atoms. The Labute approximate surface area is 92.9 Å². The van der Waals surface area contributed by atoms with Crippen molar-refractivity contribution in [1.29, 1.82) is 0 Å². The van der Waals surface area contributed by atoms with E-state index in [1.54, 1.807) is 0 Å². The van der Waals surface area contributed by atoms with E-state index < -0.39 is 22.4 Å². The molecular weight excluding hydrogens is 251 g/mol. The SMILES string of the molecule is O=[N+]([O-])c1ccc(COCl)cc1C(F)(F)F. The third-order valence-electron chi connectivity index (χ3n) is 1.78. The summed E-state index contributed by atoms with van der Waals surface area (Å²) < 4.78 is 41.5. The summed E-state index contributed by atoms with van der Waals surface area (Å²) in [6, 6.07) is 2.56. The lowest BCUT2D eigenvalue weighted by atomic mass is 10.1. The van der Waals surface area contributed by atoms with Crippen molar-refractivity contribution in [1.82, 2.24) is 0 Å². The smallest absolute Gasteiger partial charge is 0.274 e. The quantitative estimate of drug-likeness (QED) is 0.615. The highest BCUT2D eigenvalue weighted by atomic mass is 35.5. The minimum atomic E-state index is -4.79. The molecule has 1 aromatic carbocycles. The molecule has 0 aliphatic rings. The number of rotatable bonds is 3. The second-order valence-electron chi connectivity index (χ2n) is 2.86. The lowest BCUT2D eigenvalue weighted by Gasteiger charge is -2.08. The summed E-state index contributed by atoms with van der Waals surface area (Å²) in [6.45, 7) is -0.261. The molecule has 0 saturated heterocycles. The molecular formula is C8H5ClF3NO3. The van der Waals surface area contributed by atoms with Crippen LogP contribution in [0.25, 0.3) is 0 Å². The molecule has 8 heteroatoms. The number of hydrogen-bond donors (Lipinski definition) is 0. The Hall–Kier alpha value is -1.34. The van der Waals surface area contributed by atoms with E-state index in [9.17, 15) is 23.3 Å². The van der Waals surface area contributed by atoms with Crippen LogP contribution in [0.4, 0.5) is 18.9 Å². The van der Waals surface area contributed by atoms with Gasteiger partial charge in [-0.25, -0.2) is 0 Å². The van der Waals surface area contributed by atoms with Crippen LogP contribution in [0.2, 0.25) is 0 Å². The summed E-state index contributed by atoms with van der Waals surface area (Å²) in [7, 11) is 0. The number of hydrogen-bond acceptors (Lipinski definition) is 3. The Morgan fingerprint density at radius 3 is 2.50 bits per heavy atom. The van der Waals surface area contributed by atoms with Crippen LogP contribution in [0.3, 0.4) is 0 Å². The Morgan fingerprint density at radius 1 is 1.44 bits per heavy atom. The molecule has 0 aliphatic heterocycles. The van der Waals surface area contributed by atoms with Crippen LogP contribution in [0.15, 0.2) is 18.2 Å². The average Bonchev–Trinajstić information content (AvgIpc) is 2.16. The molecule has 0 aliphatic carbocycles. The Bertz CT molecular complexity index is 408. The number of nitrogens with zero attached hydrogens (tertiary/aromatic N) is 1. The van der Waals surface area contributed by atoms with E-state index in [0.717, 1.165) is 12.1 Å². The summed E-state index contributed by atoms with van der Waals surface area (Å²) >= 11 is 4.89. The van der Waals surface area contributed by atoms with Gasteiger partial charge in [-0.2, -0.15) is 13.2 Å². The van der Waals surface area contributed by atoms with Gasteiger partial charge in [0, 0.05) is 6.07 Å². The first-order valence-electron chi connectivity index (χ1n) is 3.94. The highest BCUT2D eigenvalue weighted by Gasteiger charge is 2.38. The molecule has 0 radical (unpaired) electrons. The van der Waals surface area contributed by atoms with E-state index in [1.165, 1.54) is 0 Å². The molecule has 16 heavy (non-hydrogen) atoms. The van der Waals surface area contributed by atoms with Crippen molar-refractivity contribution in [3.8, 4) is 0 Å². The van der Waals surface area contributed by atoms with Crippen LogP contribution in [0.5, 0.6) is 0 Å². The minimum absolute atomic E-state index is 0.105. The van der Waals surface area contributed by atoms with Crippen molar-refractivity contribution in [2.75, 3.05) is 0 Å². The van der Waals surface area contributed by atoms with E-state index in [1.807, 2.05) is 0 Å². The minimum Gasteiger partial charge on any atom is -0.274 e. The largest absolute Gasteiger partial charge is 0.423 e. The van der Waals surface area contributed by atoms with Gasteiger partial charge in [0.2, 0.25) is 0 Å². The summed E-state index contributed by atoms with van der Waals surface area (Å²) in [4.78, 5) is 9.30. The van der Waals surface area contributed by atoms with Gasteiger partial charge in [-0.05, 0) is 17.7 Å². The van der Waals surface area contributed by atoms with E-state index in [2.05, 4.69) is 4.29 Å². The van der Waals surface area contributed by atoms with Crippen LogP contribution in [-0.4, -0.2) is 4.92 Å². The van der Waals surface area contributed by atoms with Gasteiger partial charge in [0.1, 0.15) is 5.56 Å². The maximum absolute atomic E-state index is 12.5. The summed E-state index contributed by atoms with van der Waals surface area (Å²) in [5, 5.41) is 10.4. The highest BCUT2D eigenvalue weighted by Crippen LogP contribution is 2.36. The lowest BCUT2D eigenvalue weighted by Crippen LogP contribution is -2.09. The van der Waals surface area contributed by atoms with E-state index >= 15 is 0 Å². The van der Waals surface area contributed by atoms with Crippen LogP contribution >= 0.6 is 11.9 Å². The Balaban J connectivity index is 3.27. The zero-order valence-corrected chi connectivity index (χ0v) is 8.38. The van der Waals surface area contributed by atoms with E-state index in [-0.39, 0.29) is 12.2 Å². The lowest BCUT2D eigenvalue weighted by molar-refractivity contribution is -0.388. The number of alkyl halides is 3. The molecule has 0 fully saturated rings. The fraction of sp³-hybridized carbons (Fsp3) is 0.250. The zero-order valence-electron chi connectivity index (χ0n) is 7.62. The first kappa shape index (κ1) is 12.7. The molecule has 4 nitrogen and oxygen atoms in total. The highest BCUT2D eigenvalue weighted by molar-refractivity contribution is 6.07. The number of halogens is 4. The number of nitro groups is 1. The number of nitro benzene ring substituents is 1. The van der Waals surface area contributed by atoms with Crippen LogP contribution in [-0.2, 0) is 17.1 Å². The first-order valence-corrected chi connectivity index (χ1v) is 4.25. The maximum atomic E-state index is 12.5. The van der Waals surface area contributed by atoms with E-state index in [0.29, 0.717) is 6.07 Å². The van der Waals surface area contributed by atoms with Crippen LogP contribution in [0.1, 0.15) is 11.1 Å². The van der Waals surface area contributed by atoms with Crippen LogP contribution in [0, 0.1) is 10.1 Å². The zero-order chi connectivity index (χ0) is 12.3. The topological polar surface area (TPSA) is 52.4 Å². The summed E-state index contributed by atoms with van der Waals surface area (Å²) in [6.07, 6.45) is -4.79. The van der Waals surface area contributed by atoms with Crippen molar-refractivity contribution >= 4 is 17.6 Å². The standard InChI is InChI=1S/C8H5ClF3NO3/c9-16-4-5-1-2-7(13(14)15)6(3-5)8(10,11)12/h1-3H,4H2. The summed E-state index contributed by atoms with van der Waals surface area (Å²) in [5.74, 6) is 0. The molecule has 0 atom stereocenters. The molecule has 1 aromatic rings. The molecule has 88 valence electrons. The van der Waals surface area contributed by atoms with Crippen molar-refractivity contribution in [2.24, 2.45) is 0 Å². The van der Waals surface area contributed by atoms with Crippen LogP contribution < -0.4 is 0 Å². The summed E-state index contributed by atoms with van der Waals surface area (Å²) in [5.41, 5.74) is -2.21. The monoisotopic (exact) mass is 255 g/mol. The van der Waals surface area contributed by atoms with Gasteiger partial charge >= 0.3 is 6.18 Å². The van der Waals surface area contributed by atoms with Gasteiger partial charge < -0.3 is 0 Å². The van der Waals surface area contributed by atoms with Gasteiger partial charge in [0.05, 0.1) is 23.4 Å². The maximum Gasteiger partial charge on any atom is 0.423 e. The molecule has 0 N–H and O–H groups in total. The molecule has 0 amide bonds. The van der Waals surface area contributed by atoms with Gasteiger partial charge in [-0.3, -0.25) is 14.4 Å². The molecule has 0 aromatic heterocycles. The van der Waals surface area contributed by atoms with Crippen molar-refractivity contribution < 1.29 is 22.4 Å². The molecule has 0 heterocycles. The molecule has 1 rings (SSSR count). The van der Waals surface area contributed by atoms with Gasteiger partial charge in [0.25, 0.3) is 5.69 Å². The van der Waals surface area contributed by atoms with Gasteiger partial charge in [-0.1, -0.05) is 0 Å². The van der Waals surface area contributed by atoms with Gasteiger partial charge in [0.15, 0.2) is 0 Å². The van der Waals surface area contributed by atoms with Gasteiger partial charge in [-0.15, -0.1) is 0 Å². The molecule has 0 spiro atoms. The predicted molar refractivity (Wildman–Crippen MR) is 48.7 cm³/mol. The second kappa shape index (κ2) is 4.67. The molecule has 0 unspecified atom stereocenters. The fourth-order valence-electron chi connectivity index (χ4n) is 1.12. The third-order valence-corrected chi connectivity index (χ3v) is 1.89. The third kappa shape index (κ3) is 2.83. The normalized spacial score (nSPS) is 11.5. The predicted octanol–water partition coefficient (Wildman–Crippen LogP) is 3.28. The van der Waals surface area contributed by atoms with Crippen molar-refractivity contribution in [3.05, 3.63) is 39.4 Å². The first-order chi connectivity index (χ1) is 7.36. The number of benzene rings is 1. The Morgan fingerprint density at radius 2 is 2.06 bits per heavy atom. The average molecular weight is 256 g/mol. The second-order valence-corrected chi connectivity index (χ2v) is 3.08. The van der Waals surface area contributed by atoms with Crippen molar-refractivity contribution in [2.45, 2.75) is 12.8 Å². The van der Waals surface area contributed by atoms with Crippen molar-refractivity contribution in [3.63, 3.8) is 0 Å². The fourth-order valence-corrected chi connectivity index (χ4v) is 1.25. The Kier molecular flexibility index (Phi) is 3.71. The van der Waals surface area contributed by atoms with E-state index in [4.69, 9.17) is 11.9 Å². The molecule has 0 saturated carbocycles.